The first-order chi connectivity index (χ1) is 6.24. The van der Waals surface area contributed by atoms with Crippen molar-refractivity contribution in [3.63, 3.8) is 0 Å². The van der Waals surface area contributed by atoms with Crippen LogP contribution < -0.4 is 4.65 Å². The zero-order valence-electron chi connectivity index (χ0n) is 7.47. The number of pyridine rings is 1. The first kappa shape index (κ1) is 10.0. The molecule has 0 spiro atoms. The Morgan fingerprint density at radius 2 is 2.31 bits per heavy atom. The Morgan fingerprint density at radius 1 is 1.54 bits per heavy atom. The van der Waals surface area contributed by atoms with Crippen LogP contribution in [0.1, 0.15) is 18.9 Å². The van der Waals surface area contributed by atoms with E-state index in [2.05, 4.69) is 4.98 Å². The average molecular weight is 181 g/mol. The summed E-state index contributed by atoms with van der Waals surface area (Å²) in [5.41, 5.74) is 0.936. The molecule has 0 radical (unpaired) electrons. The van der Waals surface area contributed by atoms with E-state index in [0.29, 0.717) is 5.75 Å². The highest BCUT2D eigenvalue weighted by Gasteiger charge is 2.13. The fourth-order valence-electron chi connectivity index (χ4n) is 1.10. The van der Waals surface area contributed by atoms with E-state index in [-0.39, 0.29) is 0 Å². The standard InChI is InChI=1S/C8H12BNO3/c1-2-3-7-4-5-10-6-8(7)13-9(11)12/h4-6,11-12H,2-3H2,1H3. The molecule has 0 aliphatic rings. The van der Waals surface area contributed by atoms with Crippen LogP contribution in [0.25, 0.3) is 0 Å². The lowest BCUT2D eigenvalue weighted by Crippen LogP contribution is -2.21. The van der Waals surface area contributed by atoms with Crippen LogP contribution >= 0.6 is 0 Å². The van der Waals surface area contributed by atoms with E-state index in [0.717, 1.165) is 18.4 Å². The average Bonchev–Trinajstić information content (AvgIpc) is 2.08. The SMILES string of the molecule is CCCc1ccncc1OB(O)O. The Hall–Kier alpha value is -1.07. The van der Waals surface area contributed by atoms with Crippen LogP contribution in [0.5, 0.6) is 5.75 Å². The van der Waals surface area contributed by atoms with Crippen molar-refractivity contribution in [2.75, 3.05) is 0 Å². The Labute approximate surface area is 77.4 Å². The normalized spacial score (nSPS) is 9.77. The highest BCUT2D eigenvalue weighted by atomic mass is 16.6. The summed E-state index contributed by atoms with van der Waals surface area (Å²) in [7, 11) is -1.78. The zero-order valence-corrected chi connectivity index (χ0v) is 7.47. The molecule has 1 aromatic rings. The van der Waals surface area contributed by atoms with Crippen LogP contribution in [0.4, 0.5) is 0 Å². The van der Waals surface area contributed by atoms with Gasteiger partial charge in [0.25, 0.3) is 0 Å². The molecule has 13 heavy (non-hydrogen) atoms. The highest BCUT2D eigenvalue weighted by molar-refractivity contribution is 6.33. The molecule has 1 rings (SSSR count). The van der Waals surface area contributed by atoms with Gasteiger partial charge in [-0.2, -0.15) is 0 Å². The molecule has 0 unspecified atom stereocenters. The largest absolute Gasteiger partial charge is 0.707 e. The Bertz CT molecular complexity index is 267. The van der Waals surface area contributed by atoms with Crippen LogP contribution in [0.15, 0.2) is 18.5 Å². The summed E-state index contributed by atoms with van der Waals surface area (Å²) in [4.78, 5) is 3.83. The predicted molar refractivity (Wildman–Crippen MR) is 49.1 cm³/mol. The van der Waals surface area contributed by atoms with Gasteiger partial charge in [-0.3, -0.25) is 4.98 Å². The molecule has 0 atom stereocenters. The molecule has 0 saturated heterocycles. The molecule has 0 aromatic carbocycles. The van der Waals surface area contributed by atoms with Gasteiger partial charge in [-0.1, -0.05) is 13.3 Å². The second kappa shape index (κ2) is 4.84. The van der Waals surface area contributed by atoms with Crippen molar-refractivity contribution in [1.29, 1.82) is 0 Å². The Kier molecular flexibility index (Phi) is 3.73. The van der Waals surface area contributed by atoms with Crippen LogP contribution in [0, 0.1) is 0 Å². The van der Waals surface area contributed by atoms with Crippen LogP contribution in [-0.4, -0.2) is 22.4 Å². The number of aromatic nitrogens is 1. The number of hydrogen-bond donors (Lipinski definition) is 2. The van der Waals surface area contributed by atoms with E-state index in [1.807, 2.05) is 6.92 Å². The quantitative estimate of drug-likeness (QED) is 0.659. The second-order valence-corrected chi connectivity index (χ2v) is 2.68. The molecule has 1 aromatic heterocycles. The van der Waals surface area contributed by atoms with Gasteiger partial charge >= 0.3 is 7.32 Å². The molecule has 5 heteroatoms. The van der Waals surface area contributed by atoms with Gasteiger partial charge < -0.3 is 14.7 Å². The molecule has 0 bridgehead atoms. The number of hydrogen-bond acceptors (Lipinski definition) is 4. The zero-order chi connectivity index (χ0) is 9.68. The molecular weight excluding hydrogens is 169 g/mol. The van der Waals surface area contributed by atoms with Gasteiger partial charge in [-0.15, -0.1) is 0 Å². The molecule has 0 saturated carbocycles. The monoisotopic (exact) mass is 181 g/mol. The van der Waals surface area contributed by atoms with Gasteiger partial charge in [0.15, 0.2) is 0 Å². The lowest BCUT2D eigenvalue weighted by molar-refractivity contribution is 0.286. The maximum absolute atomic E-state index is 8.60. The molecular formula is C8H12BNO3. The first-order valence-corrected chi connectivity index (χ1v) is 4.19. The van der Waals surface area contributed by atoms with Crippen molar-refractivity contribution in [3.05, 3.63) is 24.0 Å². The van der Waals surface area contributed by atoms with Crippen molar-refractivity contribution in [2.45, 2.75) is 19.8 Å². The Morgan fingerprint density at radius 3 is 2.92 bits per heavy atom. The third kappa shape index (κ3) is 3.04. The van der Waals surface area contributed by atoms with Gasteiger partial charge in [0.05, 0.1) is 6.20 Å². The van der Waals surface area contributed by atoms with Crippen molar-refractivity contribution in [2.24, 2.45) is 0 Å². The summed E-state index contributed by atoms with van der Waals surface area (Å²) in [6.45, 7) is 2.04. The molecule has 0 fully saturated rings. The number of rotatable bonds is 4. The minimum Gasteiger partial charge on any atom is -0.510 e. The third-order valence-corrected chi connectivity index (χ3v) is 1.62. The summed E-state index contributed by atoms with van der Waals surface area (Å²) in [6, 6.07) is 1.81. The van der Waals surface area contributed by atoms with E-state index >= 15 is 0 Å². The van der Waals surface area contributed by atoms with Crippen LogP contribution in [-0.2, 0) is 6.42 Å². The van der Waals surface area contributed by atoms with Gasteiger partial charge in [-0.05, 0) is 18.1 Å². The van der Waals surface area contributed by atoms with E-state index in [4.69, 9.17) is 14.7 Å². The molecule has 0 amide bonds. The molecule has 70 valence electrons. The van der Waals surface area contributed by atoms with E-state index in [1.54, 1.807) is 12.3 Å². The number of nitrogens with zero attached hydrogens (tertiary/aromatic N) is 1. The summed E-state index contributed by atoms with van der Waals surface area (Å²) < 4.78 is 4.75. The summed E-state index contributed by atoms with van der Waals surface area (Å²) >= 11 is 0. The summed E-state index contributed by atoms with van der Waals surface area (Å²) in [5.74, 6) is 0.430. The maximum atomic E-state index is 8.60. The van der Waals surface area contributed by atoms with Crippen molar-refractivity contribution >= 4 is 7.32 Å². The smallest absolute Gasteiger partial charge is 0.510 e. The first-order valence-electron chi connectivity index (χ1n) is 4.19. The van der Waals surface area contributed by atoms with Gasteiger partial charge in [0, 0.05) is 6.20 Å². The lowest BCUT2D eigenvalue weighted by atomic mass is 10.1. The third-order valence-electron chi connectivity index (χ3n) is 1.62. The highest BCUT2D eigenvalue weighted by Crippen LogP contribution is 2.17. The lowest BCUT2D eigenvalue weighted by Gasteiger charge is -2.08. The van der Waals surface area contributed by atoms with E-state index in [9.17, 15) is 0 Å². The maximum Gasteiger partial charge on any atom is 0.707 e. The van der Waals surface area contributed by atoms with Crippen LogP contribution in [0.2, 0.25) is 0 Å². The van der Waals surface area contributed by atoms with E-state index < -0.39 is 7.32 Å². The Balaban J connectivity index is 2.78. The second-order valence-electron chi connectivity index (χ2n) is 2.68. The summed E-state index contributed by atoms with van der Waals surface area (Å²) in [5, 5.41) is 17.2. The minimum absolute atomic E-state index is 0.430. The predicted octanol–water partition coefficient (Wildman–Crippen LogP) is 0.382. The van der Waals surface area contributed by atoms with Crippen LogP contribution in [0.3, 0.4) is 0 Å². The number of aryl methyl sites for hydroxylation is 1. The minimum atomic E-state index is -1.78. The van der Waals surface area contributed by atoms with Crippen molar-refractivity contribution in [1.82, 2.24) is 4.98 Å². The van der Waals surface area contributed by atoms with Gasteiger partial charge in [0.1, 0.15) is 5.75 Å². The molecule has 0 aliphatic heterocycles. The van der Waals surface area contributed by atoms with Crippen molar-refractivity contribution < 1.29 is 14.7 Å². The van der Waals surface area contributed by atoms with Gasteiger partial charge in [0.2, 0.25) is 0 Å². The summed E-state index contributed by atoms with van der Waals surface area (Å²) in [6.07, 6.45) is 4.94. The molecule has 2 N–H and O–H groups in total. The molecule has 4 nitrogen and oxygen atoms in total. The fourth-order valence-corrected chi connectivity index (χ4v) is 1.10. The molecule has 0 aliphatic carbocycles. The fraction of sp³-hybridized carbons (Fsp3) is 0.375. The topological polar surface area (TPSA) is 62.6 Å². The van der Waals surface area contributed by atoms with Crippen molar-refractivity contribution in [3.8, 4) is 5.75 Å². The van der Waals surface area contributed by atoms with E-state index in [1.165, 1.54) is 6.20 Å². The van der Waals surface area contributed by atoms with Gasteiger partial charge in [-0.25, -0.2) is 0 Å². The molecule has 1 heterocycles.